The Morgan fingerprint density at radius 3 is 2.60 bits per heavy atom. The van der Waals surface area contributed by atoms with Crippen LogP contribution in [0.15, 0.2) is 30.5 Å². The van der Waals surface area contributed by atoms with Crippen LogP contribution in [0.5, 0.6) is 0 Å². The Hall–Kier alpha value is -2.25. The molecule has 0 saturated heterocycles. The second-order valence-electron chi connectivity index (χ2n) is 5.32. The van der Waals surface area contributed by atoms with Crippen LogP contribution in [0.4, 0.5) is 5.82 Å². The highest BCUT2D eigenvalue weighted by Gasteiger charge is 2.19. The van der Waals surface area contributed by atoms with E-state index >= 15 is 0 Å². The average molecular weight is 381 g/mol. The summed E-state index contributed by atoms with van der Waals surface area (Å²) in [5, 5.41) is 2.96. The fourth-order valence-corrected chi connectivity index (χ4v) is 2.86. The third-order valence-electron chi connectivity index (χ3n) is 3.23. The molecule has 2 aromatic rings. The molecule has 0 radical (unpaired) electrons. The summed E-state index contributed by atoms with van der Waals surface area (Å²) in [6.45, 7) is 3.36. The van der Waals surface area contributed by atoms with Crippen molar-refractivity contribution in [2.75, 3.05) is 5.32 Å². The van der Waals surface area contributed by atoms with Gasteiger partial charge in [-0.25, -0.2) is 4.98 Å². The number of amides is 1. The van der Waals surface area contributed by atoms with Crippen LogP contribution >= 0.6 is 22.9 Å². The van der Waals surface area contributed by atoms with Gasteiger partial charge in [-0.3, -0.25) is 14.4 Å². The monoisotopic (exact) mass is 380 g/mol. The van der Waals surface area contributed by atoms with Gasteiger partial charge in [-0.05, 0) is 38.1 Å². The van der Waals surface area contributed by atoms with E-state index in [0.29, 0.717) is 15.7 Å². The molecule has 0 fully saturated rings. The fraction of sp³-hybridized carbons (Fsp3) is 0.294. The van der Waals surface area contributed by atoms with Crippen molar-refractivity contribution in [3.05, 3.63) is 45.2 Å². The van der Waals surface area contributed by atoms with Gasteiger partial charge in [-0.15, -0.1) is 11.3 Å². The van der Waals surface area contributed by atoms with Gasteiger partial charge in [0.25, 0.3) is 5.91 Å². The van der Waals surface area contributed by atoms with E-state index in [1.165, 1.54) is 30.5 Å². The van der Waals surface area contributed by atoms with Crippen LogP contribution in [0.25, 0.3) is 0 Å². The lowest BCUT2D eigenvalue weighted by molar-refractivity contribution is -0.153. The van der Waals surface area contributed by atoms with E-state index in [2.05, 4.69) is 10.3 Å². The summed E-state index contributed by atoms with van der Waals surface area (Å²) in [7, 11) is 0. The van der Waals surface area contributed by atoms with Crippen LogP contribution in [0, 0.1) is 6.92 Å². The van der Waals surface area contributed by atoms with Crippen molar-refractivity contribution < 1.29 is 19.1 Å². The summed E-state index contributed by atoms with van der Waals surface area (Å²) in [6.07, 6.45) is 0.369. The summed E-state index contributed by atoms with van der Waals surface area (Å²) in [5.41, 5.74) is 0. The molecule has 0 unspecified atom stereocenters. The van der Waals surface area contributed by atoms with Gasteiger partial charge in [-0.1, -0.05) is 11.6 Å². The van der Waals surface area contributed by atoms with Crippen molar-refractivity contribution in [1.82, 2.24) is 4.98 Å². The van der Waals surface area contributed by atoms with Crippen LogP contribution in [0.2, 0.25) is 5.02 Å². The van der Waals surface area contributed by atoms with Crippen molar-refractivity contribution in [3.8, 4) is 0 Å². The molecular weight excluding hydrogens is 364 g/mol. The first-order valence-corrected chi connectivity index (χ1v) is 8.76. The van der Waals surface area contributed by atoms with Gasteiger partial charge in [0, 0.05) is 17.5 Å². The Morgan fingerprint density at radius 1 is 1.24 bits per heavy atom. The van der Waals surface area contributed by atoms with Gasteiger partial charge >= 0.3 is 5.97 Å². The number of ether oxygens (including phenoxy) is 1. The molecular formula is C17H17ClN2O4S. The smallest absolute Gasteiger partial charge is 0.307 e. The number of pyridine rings is 1. The van der Waals surface area contributed by atoms with E-state index in [4.69, 9.17) is 16.3 Å². The maximum Gasteiger partial charge on any atom is 0.307 e. The van der Waals surface area contributed by atoms with Gasteiger partial charge in [0.15, 0.2) is 11.9 Å². The number of aromatic nitrogens is 1. The lowest BCUT2D eigenvalue weighted by Gasteiger charge is -2.13. The largest absolute Gasteiger partial charge is 0.453 e. The van der Waals surface area contributed by atoms with E-state index in [9.17, 15) is 14.4 Å². The predicted molar refractivity (Wildman–Crippen MR) is 96.1 cm³/mol. The summed E-state index contributed by atoms with van der Waals surface area (Å²) in [4.78, 5) is 41.3. The van der Waals surface area contributed by atoms with Crippen LogP contribution in [0.1, 0.15) is 34.3 Å². The molecule has 1 N–H and O–H groups in total. The summed E-state index contributed by atoms with van der Waals surface area (Å²) >= 11 is 7.10. The second kappa shape index (κ2) is 8.73. The van der Waals surface area contributed by atoms with Crippen molar-refractivity contribution >= 4 is 46.4 Å². The highest BCUT2D eigenvalue weighted by atomic mass is 35.5. The molecule has 1 amide bonds. The van der Waals surface area contributed by atoms with E-state index < -0.39 is 18.0 Å². The third-order valence-corrected chi connectivity index (χ3v) is 4.49. The fourth-order valence-electron chi connectivity index (χ4n) is 1.91. The number of carbonyl (C=O) groups is 3. The highest BCUT2D eigenvalue weighted by molar-refractivity contribution is 7.14. The quantitative estimate of drug-likeness (QED) is 0.585. The first kappa shape index (κ1) is 19.1. The number of nitrogens with one attached hydrogen (secondary N) is 1. The molecule has 0 aliphatic carbocycles. The zero-order chi connectivity index (χ0) is 18.4. The molecule has 1 atom stereocenters. The summed E-state index contributed by atoms with van der Waals surface area (Å²) in [6, 6.07) is 6.71. The first-order valence-electron chi connectivity index (χ1n) is 7.56. The van der Waals surface area contributed by atoms with Crippen molar-refractivity contribution in [1.29, 1.82) is 0 Å². The molecule has 0 bridgehead atoms. The van der Waals surface area contributed by atoms with Gasteiger partial charge in [0.05, 0.1) is 16.3 Å². The number of thiophene rings is 1. The Morgan fingerprint density at radius 2 is 2.00 bits per heavy atom. The minimum atomic E-state index is -0.996. The van der Waals surface area contributed by atoms with Gasteiger partial charge < -0.3 is 10.1 Å². The minimum absolute atomic E-state index is 0.0475. The number of hydrogen-bond donors (Lipinski definition) is 1. The van der Waals surface area contributed by atoms with Crippen LogP contribution in [0.3, 0.4) is 0 Å². The Balaban J connectivity index is 1.78. The van der Waals surface area contributed by atoms with Gasteiger partial charge in [0.1, 0.15) is 5.82 Å². The highest BCUT2D eigenvalue weighted by Crippen LogP contribution is 2.17. The van der Waals surface area contributed by atoms with Gasteiger partial charge in [0.2, 0.25) is 0 Å². The zero-order valence-corrected chi connectivity index (χ0v) is 15.3. The summed E-state index contributed by atoms with van der Waals surface area (Å²) in [5.74, 6) is -0.921. The second-order valence-corrected chi connectivity index (χ2v) is 7.04. The molecule has 2 aromatic heterocycles. The Labute approximate surface area is 154 Å². The van der Waals surface area contributed by atoms with Crippen LogP contribution in [-0.2, 0) is 14.3 Å². The number of rotatable bonds is 7. The molecule has 8 heteroatoms. The summed E-state index contributed by atoms with van der Waals surface area (Å²) < 4.78 is 5.05. The normalized spacial score (nSPS) is 11.6. The first-order chi connectivity index (χ1) is 11.8. The molecule has 132 valence electrons. The van der Waals surface area contributed by atoms with Crippen molar-refractivity contribution in [2.24, 2.45) is 0 Å². The number of nitrogens with zero attached hydrogens (tertiary/aromatic N) is 1. The SMILES string of the molecule is Cc1ccc(C(=O)CCC(=O)O[C@H](C)C(=O)Nc2ccc(Cl)cn2)s1. The average Bonchev–Trinajstić information content (AvgIpc) is 3.01. The van der Waals surface area contributed by atoms with Crippen molar-refractivity contribution in [2.45, 2.75) is 32.8 Å². The lowest BCUT2D eigenvalue weighted by Crippen LogP contribution is -2.30. The minimum Gasteiger partial charge on any atom is -0.453 e. The Bertz CT molecular complexity index is 773. The Kier molecular flexibility index (Phi) is 6.66. The predicted octanol–water partition coefficient (Wildman–Crippen LogP) is 3.64. The van der Waals surface area contributed by atoms with E-state index in [-0.39, 0.29) is 18.6 Å². The maximum absolute atomic E-state index is 12.0. The van der Waals surface area contributed by atoms with Crippen LogP contribution in [-0.4, -0.2) is 28.7 Å². The zero-order valence-electron chi connectivity index (χ0n) is 13.7. The number of anilines is 1. The molecule has 0 saturated carbocycles. The molecule has 0 spiro atoms. The molecule has 0 aliphatic rings. The lowest BCUT2D eigenvalue weighted by atomic mass is 10.2. The third kappa shape index (κ3) is 5.95. The number of hydrogen-bond acceptors (Lipinski definition) is 6. The molecule has 6 nitrogen and oxygen atoms in total. The number of esters is 1. The topological polar surface area (TPSA) is 85.4 Å². The molecule has 0 aliphatic heterocycles. The number of Topliss-reactive ketones (excluding diaryl/α,β-unsaturated/α-hetero) is 1. The number of carbonyl (C=O) groups excluding carboxylic acids is 3. The van der Waals surface area contributed by atoms with Crippen molar-refractivity contribution in [3.63, 3.8) is 0 Å². The maximum atomic E-state index is 12.0. The number of halogens is 1. The number of ketones is 1. The van der Waals surface area contributed by atoms with E-state index in [1.54, 1.807) is 12.1 Å². The molecule has 25 heavy (non-hydrogen) atoms. The standard InChI is InChI=1S/C17H17ClN2O4S/c1-10-3-6-14(25-10)13(21)5-8-16(22)24-11(2)17(23)20-15-7-4-12(18)9-19-15/h3-4,6-7,9,11H,5,8H2,1-2H3,(H,19,20,23)/t11-/m1/s1. The molecule has 2 heterocycles. The van der Waals surface area contributed by atoms with E-state index in [0.717, 1.165) is 4.88 Å². The number of aryl methyl sites for hydroxylation is 1. The molecule has 0 aromatic carbocycles. The molecule has 2 rings (SSSR count). The van der Waals surface area contributed by atoms with Gasteiger partial charge in [-0.2, -0.15) is 0 Å². The van der Waals surface area contributed by atoms with Crippen LogP contribution < -0.4 is 5.32 Å². The van der Waals surface area contributed by atoms with E-state index in [1.807, 2.05) is 13.0 Å².